The normalized spacial score (nSPS) is 25.8. The third-order valence-corrected chi connectivity index (χ3v) is 4.13. The molecule has 1 atom stereocenters. The van der Waals surface area contributed by atoms with Crippen molar-refractivity contribution >= 4 is 0 Å². The molecule has 1 saturated carbocycles. The summed E-state index contributed by atoms with van der Waals surface area (Å²) in [5.41, 5.74) is 7.15. The van der Waals surface area contributed by atoms with Crippen LogP contribution in [0.4, 0.5) is 4.39 Å². The molecule has 1 fully saturated rings. The maximum atomic E-state index is 13.7. The summed E-state index contributed by atoms with van der Waals surface area (Å²) in [6.07, 6.45) is 4.76. The van der Waals surface area contributed by atoms with E-state index >= 15 is 0 Å². The Morgan fingerprint density at radius 1 is 1.28 bits per heavy atom. The van der Waals surface area contributed by atoms with Gasteiger partial charge in [0, 0.05) is 6.04 Å². The molecule has 3 heteroatoms. The number of rotatable bonds is 3. The van der Waals surface area contributed by atoms with Crippen LogP contribution in [0.25, 0.3) is 0 Å². The van der Waals surface area contributed by atoms with Gasteiger partial charge in [-0.15, -0.1) is 0 Å². The first-order valence-corrected chi connectivity index (χ1v) is 6.71. The Morgan fingerprint density at radius 2 is 1.94 bits per heavy atom. The van der Waals surface area contributed by atoms with Crippen molar-refractivity contribution in [3.8, 4) is 5.75 Å². The van der Waals surface area contributed by atoms with Crippen molar-refractivity contribution in [3.63, 3.8) is 0 Å². The predicted molar refractivity (Wildman–Crippen MR) is 71.0 cm³/mol. The van der Waals surface area contributed by atoms with Crippen LogP contribution in [0.2, 0.25) is 0 Å². The Bertz CT molecular complexity index is 399. The van der Waals surface area contributed by atoms with Crippen molar-refractivity contribution in [2.45, 2.75) is 38.6 Å². The van der Waals surface area contributed by atoms with Crippen molar-refractivity contribution in [2.24, 2.45) is 17.6 Å². The van der Waals surface area contributed by atoms with Crippen LogP contribution < -0.4 is 10.5 Å². The number of benzene rings is 1. The summed E-state index contributed by atoms with van der Waals surface area (Å²) in [6.45, 7) is 2.29. The number of halogens is 1. The summed E-state index contributed by atoms with van der Waals surface area (Å²) in [5.74, 6) is 1.24. The quantitative estimate of drug-likeness (QED) is 0.889. The average molecular weight is 251 g/mol. The summed E-state index contributed by atoms with van der Waals surface area (Å²) < 4.78 is 18.6. The lowest BCUT2D eigenvalue weighted by molar-refractivity contribution is 0.255. The van der Waals surface area contributed by atoms with Gasteiger partial charge in [0.15, 0.2) is 11.6 Å². The molecule has 0 spiro atoms. The zero-order valence-electron chi connectivity index (χ0n) is 11.2. The molecule has 18 heavy (non-hydrogen) atoms. The number of methoxy groups -OCH3 is 1. The zero-order chi connectivity index (χ0) is 13.1. The third-order valence-electron chi connectivity index (χ3n) is 4.13. The van der Waals surface area contributed by atoms with Gasteiger partial charge < -0.3 is 10.5 Å². The van der Waals surface area contributed by atoms with Gasteiger partial charge in [0.25, 0.3) is 0 Å². The molecule has 1 aromatic carbocycles. The Hall–Kier alpha value is -1.09. The molecule has 0 bridgehead atoms. The first kappa shape index (κ1) is 13.3. The molecule has 1 aromatic rings. The van der Waals surface area contributed by atoms with Crippen LogP contribution in [0.5, 0.6) is 5.75 Å². The fourth-order valence-corrected chi connectivity index (χ4v) is 2.81. The lowest BCUT2D eigenvalue weighted by Crippen LogP contribution is -2.25. The Balaban J connectivity index is 2.08. The fraction of sp³-hybridized carbons (Fsp3) is 0.600. The van der Waals surface area contributed by atoms with E-state index in [0.29, 0.717) is 5.92 Å². The van der Waals surface area contributed by atoms with Crippen LogP contribution >= 0.6 is 0 Å². The van der Waals surface area contributed by atoms with Crippen molar-refractivity contribution in [2.75, 3.05) is 7.11 Å². The van der Waals surface area contributed by atoms with Crippen LogP contribution in [0.1, 0.15) is 44.2 Å². The fourth-order valence-electron chi connectivity index (χ4n) is 2.81. The van der Waals surface area contributed by atoms with E-state index in [1.807, 2.05) is 6.07 Å². The average Bonchev–Trinajstić information content (AvgIpc) is 2.38. The summed E-state index contributed by atoms with van der Waals surface area (Å²) >= 11 is 0. The van der Waals surface area contributed by atoms with E-state index in [1.165, 1.54) is 26.0 Å². The minimum atomic E-state index is -0.324. The SMILES string of the molecule is COc1ccc(C(N)C2CCC(C)CC2)cc1F. The lowest BCUT2D eigenvalue weighted by Gasteiger charge is -2.30. The zero-order valence-corrected chi connectivity index (χ0v) is 11.2. The molecule has 0 heterocycles. The van der Waals surface area contributed by atoms with E-state index in [-0.39, 0.29) is 17.6 Å². The van der Waals surface area contributed by atoms with Gasteiger partial charge in [-0.25, -0.2) is 4.39 Å². The predicted octanol–water partition coefficient (Wildman–Crippen LogP) is 3.66. The summed E-state index contributed by atoms with van der Waals surface area (Å²) in [4.78, 5) is 0. The summed E-state index contributed by atoms with van der Waals surface area (Å²) in [6, 6.07) is 5.00. The standard InChI is InChI=1S/C15H22FNO/c1-10-3-5-11(6-4-10)15(17)12-7-8-14(18-2)13(16)9-12/h7-11,15H,3-6,17H2,1-2H3. The van der Waals surface area contributed by atoms with Gasteiger partial charge in [-0.05, 0) is 42.4 Å². The first-order valence-electron chi connectivity index (χ1n) is 6.71. The highest BCUT2D eigenvalue weighted by atomic mass is 19.1. The van der Waals surface area contributed by atoms with E-state index < -0.39 is 0 Å². The highest BCUT2D eigenvalue weighted by Gasteiger charge is 2.25. The van der Waals surface area contributed by atoms with Gasteiger partial charge >= 0.3 is 0 Å². The second-order valence-electron chi connectivity index (χ2n) is 5.44. The van der Waals surface area contributed by atoms with Crippen LogP contribution in [-0.2, 0) is 0 Å². The molecule has 1 unspecified atom stereocenters. The topological polar surface area (TPSA) is 35.2 Å². The van der Waals surface area contributed by atoms with Crippen LogP contribution in [0.15, 0.2) is 18.2 Å². The maximum Gasteiger partial charge on any atom is 0.165 e. The maximum absolute atomic E-state index is 13.7. The molecule has 0 aliphatic heterocycles. The molecule has 2 rings (SSSR count). The number of hydrogen-bond donors (Lipinski definition) is 1. The van der Waals surface area contributed by atoms with Crippen molar-refractivity contribution < 1.29 is 9.13 Å². The molecule has 1 aliphatic carbocycles. The second kappa shape index (κ2) is 5.70. The smallest absolute Gasteiger partial charge is 0.165 e. The molecule has 0 saturated heterocycles. The Labute approximate surface area is 108 Å². The van der Waals surface area contributed by atoms with Gasteiger partial charge in [0.1, 0.15) is 0 Å². The first-order chi connectivity index (χ1) is 8.61. The Morgan fingerprint density at radius 3 is 2.50 bits per heavy atom. The molecule has 1 aliphatic rings. The minimum Gasteiger partial charge on any atom is -0.494 e. The highest BCUT2D eigenvalue weighted by molar-refractivity contribution is 5.31. The van der Waals surface area contributed by atoms with E-state index in [9.17, 15) is 4.39 Å². The number of hydrogen-bond acceptors (Lipinski definition) is 2. The number of nitrogens with two attached hydrogens (primary N) is 1. The van der Waals surface area contributed by atoms with Crippen molar-refractivity contribution in [1.29, 1.82) is 0 Å². The third kappa shape index (κ3) is 2.83. The Kier molecular flexibility index (Phi) is 4.23. The highest BCUT2D eigenvalue weighted by Crippen LogP contribution is 2.36. The van der Waals surface area contributed by atoms with Gasteiger partial charge in [-0.3, -0.25) is 0 Å². The molecule has 0 radical (unpaired) electrons. The van der Waals surface area contributed by atoms with E-state index in [2.05, 4.69) is 6.92 Å². The van der Waals surface area contributed by atoms with Crippen LogP contribution in [-0.4, -0.2) is 7.11 Å². The van der Waals surface area contributed by atoms with Crippen LogP contribution in [0.3, 0.4) is 0 Å². The van der Waals surface area contributed by atoms with Crippen molar-refractivity contribution in [3.05, 3.63) is 29.6 Å². The molecule has 2 nitrogen and oxygen atoms in total. The monoisotopic (exact) mass is 251 g/mol. The molecule has 2 N–H and O–H groups in total. The molecule has 0 amide bonds. The molecule has 0 aromatic heterocycles. The second-order valence-corrected chi connectivity index (χ2v) is 5.44. The van der Waals surface area contributed by atoms with Gasteiger partial charge in [-0.1, -0.05) is 25.8 Å². The van der Waals surface area contributed by atoms with E-state index in [0.717, 1.165) is 24.3 Å². The van der Waals surface area contributed by atoms with Gasteiger partial charge in [0.05, 0.1) is 7.11 Å². The van der Waals surface area contributed by atoms with E-state index in [4.69, 9.17) is 10.5 Å². The van der Waals surface area contributed by atoms with Gasteiger partial charge in [0.2, 0.25) is 0 Å². The van der Waals surface area contributed by atoms with Crippen molar-refractivity contribution in [1.82, 2.24) is 0 Å². The van der Waals surface area contributed by atoms with Crippen LogP contribution in [0, 0.1) is 17.7 Å². The molecule has 100 valence electrons. The van der Waals surface area contributed by atoms with Gasteiger partial charge in [-0.2, -0.15) is 0 Å². The largest absolute Gasteiger partial charge is 0.494 e. The summed E-state index contributed by atoms with van der Waals surface area (Å²) in [5, 5.41) is 0. The summed E-state index contributed by atoms with van der Waals surface area (Å²) in [7, 11) is 1.47. The van der Waals surface area contributed by atoms with E-state index in [1.54, 1.807) is 6.07 Å². The minimum absolute atomic E-state index is 0.0575. The lowest BCUT2D eigenvalue weighted by atomic mass is 9.77. The number of ether oxygens (including phenoxy) is 1. The molecular formula is C15H22FNO. The molecular weight excluding hydrogens is 229 g/mol.